The Morgan fingerprint density at radius 3 is 2.17 bits per heavy atom. The number of carbonyl (C=O) groups excluding carboxylic acids is 1. The largest absolute Gasteiger partial charge is 0.300 e. The highest BCUT2D eigenvalue weighted by molar-refractivity contribution is 5.78. The molecular weight excluding hydrogens is 294 g/mol. The van der Waals surface area contributed by atoms with Crippen LogP contribution in [0.1, 0.15) is 62.4 Å². The molecule has 0 amide bonds. The third-order valence-corrected chi connectivity index (χ3v) is 4.67. The van der Waals surface area contributed by atoms with Gasteiger partial charge in [0.25, 0.3) is 0 Å². The summed E-state index contributed by atoms with van der Waals surface area (Å²) in [4.78, 5) is 15.9. The number of nitrogens with zero attached hydrogens (tertiary/aromatic N) is 1. The number of Topliss-reactive ketones (excluding diaryl/α,β-unsaturated/α-hetero) is 1. The third-order valence-electron chi connectivity index (χ3n) is 4.67. The second kappa shape index (κ2) is 8.77. The highest BCUT2D eigenvalue weighted by atomic mass is 16.1. The van der Waals surface area contributed by atoms with E-state index in [1.807, 2.05) is 13.1 Å². The summed E-state index contributed by atoms with van der Waals surface area (Å²) in [6, 6.07) is 13.0. The summed E-state index contributed by atoms with van der Waals surface area (Å²) in [5.41, 5.74) is 5.07. The van der Waals surface area contributed by atoms with Crippen LogP contribution in [0.15, 0.2) is 42.6 Å². The van der Waals surface area contributed by atoms with Gasteiger partial charge in [-0.2, -0.15) is 0 Å². The van der Waals surface area contributed by atoms with Crippen LogP contribution in [-0.4, -0.2) is 10.8 Å². The highest BCUT2D eigenvalue weighted by Gasteiger charge is 2.08. The maximum absolute atomic E-state index is 11.3. The lowest BCUT2D eigenvalue weighted by Crippen LogP contribution is -2.09. The van der Waals surface area contributed by atoms with Crippen molar-refractivity contribution in [1.29, 1.82) is 0 Å². The van der Waals surface area contributed by atoms with Crippen molar-refractivity contribution in [3.63, 3.8) is 0 Å². The number of carbonyl (C=O) groups is 1. The van der Waals surface area contributed by atoms with Crippen LogP contribution in [0.2, 0.25) is 0 Å². The van der Waals surface area contributed by atoms with E-state index in [-0.39, 0.29) is 11.7 Å². The van der Waals surface area contributed by atoms with Gasteiger partial charge < -0.3 is 0 Å². The summed E-state index contributed by atoms with van der Waals surface area (Å²) in [6.45, 7) is 8.05. The quantitative estimate of drug-likeness (QED) is 0.672. The lowest BCUT2D eigenvalue weighted by molar-refractivity contribution is -0.120. The SMILES string of the molecule is CC(=O)C(C)Cc1ccc(CCCc2ccc(C(C)C)cn2)cc1. The Morgan fingerprint density at radius 2 is 1.62 bits per heavy atom. The Labute approximate surface area is 146 Å². The molecule has 128 valence electrons. The molecule has 1 aromatic heterocycles. The molecule has 0 aliphatic rings. The molecule has 0 fully saturated rings. The second-order valence-electron chi connectivity index (χ2n) is 7.12. The molecule has 1 unspecified atom stereocenters. The maximum atomic E-state index is 11.3. The van der Waals surface area contributed by atoms with Crippen molar-refractivity contribution in [1.82, 2.24) is 4.98 Å². The van der Waals surface area contributed by atoms with Crippen molar-refractivity contribution in [2.24, 2.45) is 5.92 Å². The van der Waals surface area contributed by atoms with Crippen LogP contribution in [0.25, 0.3) is 0 Å². The monoisotopic (exact) mass is 323 g/mol. The Balaban J connectivity index is 1.81. The highest BCUT2D eigenvalue weighted by Crippen LogP contribution is 2.15. The molecule has 0 aliphatic carbocycles. The third kappa shape index (κ3) is 5.59. The first-order valence-corrected chi connectivity index (χ1v) is 8.98. The average molecular weight is 323 g/mol. The first kappa shape index (κ1) is 18.4. The molecule has 0 N–H and O–H groups in total. The first-order chi connectivity index (χ1) is 11.5. The summed E-state index contributed by atoms with van der Waals surface area (Å²) < 4.78 is 0. The van der Waals surface area contributed by atoms with Crippen molar-refractivity contribution in [2.45, 2.75) is 59.3 Å². The standard InChI is InChI=1S/C22H29NO/c1-16(2)21-12-13-22(23-15-21)7-5-6-19-8-10-20(11-9-19)14-17(3)18(4)24/h8-13,15-17H,5-7,14H2,1-4H3. The molecule has 2 nitrogen and oxygen atoms in total. The normalized spacial score (nSPS) is 12.4. The predicted octanol–water partition coefficient (Wildman–Crippen LogP) is 5.15. The average Bonchev–Trinajstić information content (AvgIpc) is 2.56. The fourth-order valence-corrected chi connectivity index (χ4v) is 2.74. The molecule has 0 spiro atoms. The van der Waals surface area contributed by atoms with Gasteiger partial charge in [-0.05, 0) is 61.3 Å². The Kier molecular flexibility index (Phi) is 6.72. The van der Waals surface area contributed by atoms with Gasteiger partial charge in [-0.3, -0.25) is 9.78 Å². The Morgan fingerprint density at radius 1 is 0.958 bits per heavy atom. The van der Waals surface area contributed by atoms with Crippen LogP contribution >= 0.6 is 0 Å². The summed E-state index contributed by atoms with van der Waals surface area (Å²) in [5, 5.41) is 0. The van der Waals surface area contributed by atoms with Gasteiger partial charge in [-0.1, -0.05) is 51.1 Å². The summed E-state index contributed by atoms with van der Waals surface area (Å²) >= 11 is 0. The fourth-order valence-electron chi connectivity index (χ4n) is 2.74. The van der Waals surface area contributed by atoms with E-state index in [9.17, 15) is 4.79 Å². The smallest absolute Gasteiger partial charge is 0.132 e. The Bertz CT molecular complexity index is 641. The van der Waals surface area contributed by atoms with E-state index in [0.29, 0.717) is 5.92 Å². The molecule has 24 heavy (non-hydrogen) atoms. The van der Waals surface area contributed by atoms with Crippen LogP contribution in [0.3, 0.4) is 0 Å². The molecule has 0 bridgehead atoms. The molecule has 1 heterocycles. The van der Waals surface area contributed by atoms with Crippen LogP contribution in [-0.2, 0) is 24.1 Å². The second-order valence-corrected chi connectivity index (χ2v) is 7.12. The van der Waals surface area contributed by atoms with Crippen molar-refractivity contribution in [3.8, 4) is 0 Å². The minimum absolute atomic E-state index is 0.107. The van der Waals surface area contributed by atoms with Gasteiger partial charge in [0.15, 0.2) is 0 Å². The van der Waals surface area contributed by atoms with E-state index < -0.39 is 0 Å². The van der Waals surface area contributed by atoms with Gasteiger partial charge in [0.05, 0.1) is 0 Å². The number of aromatic nitrogens is 1. The predicted molar refractivity (Wildman–Crippen MR) is 100 cm³/mol. The molecule has 2 rings (SSSR count). The number of benzene rings is 1. The zero-order chi connectivity index (χ0) is 17.5. The lowest BCUT2D eigenvalue weighted by Gasteiger charge is -2.09. The van der Waals surface area contributed by atoms with Crippen molar-refractivity contribution < 1.29 is 4.79 Å². The topological polar surface area (TPSA) is 30.0 Å². The number of aryl methyl sites for hydroxylation is 2. The zero-order valence-electron chi connectivity index (χ0n) is 15.4. The number of pyridine rings is 1. The van der Waals surface area contributed by atoms with E-state index in [0.717, 1.165) is 25.7 Å². The van der Waals surface area contributed by atoms with E-state index in [2.05, 4.69) is 55.2 Å². The minimum atomic E-state index is 0.107. The molecule has 0 saturated carbocycles. The van der Waals surface area contributed by atoms with Gasteiger partial charge in [0.2, 0.25) is 0 Å². The summed E-state index contributed by atoms with van der Waals surface area (Å²) in [6.07, 6.45) is 6.03. The lowest BCUT2D eigenvalue weighted by atomic mass is 9.96. The fraction of sp³-hybridized carbons (Fsp3) is 0.455. The maximum Gasteiger partial charge on any atom is 0.132 e. The molecule has 2 heteroatoms. The van der Waals surface area contributed by atoms with E-state index >= 15 is 0 Å². The van der Waals surface area contributed by atoms with Crippen LogP contribution in [0, 0.1) is 5.92 Å². The zero-order valence-corrected chi connectivity index (χ0v) is 15.4. The molecule has 0 aliphatic heterocycles. The van der Waals surface area contributed by atoms with Crippen molar-refractivity contribution in [3.05, 3.63) is 65.0 Å². The van der Waals surface area contributed by atoms with Gasteiger partial charge in [-0.15, -0.1) is 0 Å². The number of hydrogen-bond donors (Lipinski definition) is 0. The van der Waals surface area contributed by atoms with Crippen LogP contribution in [0.4, 0.5) is 0 Å². The molecule has 0 radical (unpaired) electrons. The van der Waals surface area contributed by atoms with Gasteiger partial charge >= 0.3 is 0 Å². The van der Waals surface area contributed by atoms with Crippen molar-refractivity contribution in [2.75, 3.05) is 0 Å². The number of ketones is 1. The molecule has 2 aromatic rings. The molecular formula is C22H29NO. The van der Waals surface area contributed by atoms with Gasteiger partial charge in [0, 0.05) is 17.8 Å². The first-order valence-electron chi connectivity index (χ1n) is 8.98. The van der Waals surface area contributed by atoms with Crippen LogP contribution in [0.5, 0.6) is 0 Å². The van der Waals surface area contributed by atoms with Gasteiger partial charge in [0.1, 0.15) is 5.78 Å². The minimum Gasteiger partial charge on any atom is -0.300 e. The van der Waals surface area contributed by atoms with Crippen LogP contribution < -0.4 is 0 Å². The number of hydrogen-bond acceptors (Lipinski definition) is 2. The van der Waals surface area contributed by atoms with E-state index in [4.69, 9.17) is 0 Å². The molecule has 1 atom stereocenters. The van der Waals surface area contributed by atoms with Gasteiger partial charge in [-0.25, -0.2) is 0 Å². The molecule has 0 saturated heterocycles. The van der Waals surface area contributed by atoms with E-state index in [1.165, 1.54) is 22.4 Å². The summed E-state index contributed by atoms with van der Waals surface area (Å²) in [7, 11) is 0. The van der Waals surface area contributed by atoms with E-state index in [1.54, 1.807) is 6.92 Å². The number of rotatable bonds is 8. The summed E-state index contributed by atoms with van der Waals surface area (Å²) in [5.74, 6) is 0.904. The Hall–Kier alpha value is -1.96. The molecule has 1 aromatic carbocycles. The van der Waals surface area contributed by atoms with Crippen molar-refractivity contribution >= 4 is 5.78 Å².